The highest BCUT2D eigenvalue weighted by Crippen LogP contribution is 2.27. The molecule has 0 amide bonds. The molecule has 1 heterocycles. The molecule has 2 rings (SSSR count). The topological polar surface area (TPSA) is 69.6 Å². The Bertz CT molecular complexity index is 523. The Hall–Kier alpha value is -0.470. The van der Waals surface area contributed by atoms with Crippen LogP contribution in [0.15, 0.2) is 16.3 Å². The fraction of sp³-hybridized carbons (Fsp3) is 0.667. The second-order valence-corrected chi connectivity index (χ2v) is 7.77. The Balaban J connectivity index is 1.93. The van der Waals surface area contributed by atoms with Gasteiger partial charge in [-0.1, -0.05) is 0 Å². The summed E-state index contributed by atoms with van der Waals surface area (Å²) in [4.78, 5) is 3.11. The quantitative estimate of drug-likeness (QED) is 0.788. The number of sulfonamides is 1. The van der Waals surface area contributed by atoms with Crippen LogP contribution >= 0.6 is 11.3 Å². The lowest BCUT2D eigenvalue weighted by atomic mass is 10.3. The first-order valence-electron chi connectivity index (χ1n) is 6.34. The predicted molar refractivity (Wildman–Crippen MR) is 75.7 cm³/mol. The largest absolute Gasteiger partial charge is 0.391 e. The Kier molecular flexibility index (Phi) is 4.62. The minimum atomic E-state index is -3.46. The zero-order valence-electron chi connectivity index (χ0n) is 11.2. The van der Waals surface area contributed by atoms with Crippen molar-refractivity contribution in [2.24, 2.45) is 0 Å². The van der Waals surface area contributed by atoms with E-state index in [2.05, 4.69) is 9.62 Å². The lowest BCUT2D eigenvalue weighted by molar-refractivity contribution is 0.248. The Morgan fingerprint density at radius 1 is 1.58 bits per heavy atom. The highest BCUT2D eigenvalue weighted by molar-refractivity contribution is 7.89. The molecule has 1 saturated carbocycles. The number of hydrogen-bond donors (Lipinski definition) is 2. The first-order chi connectivity index (χ1) is 8.94. The van der Waals surface area contributed by atoms with Crippen LogP contribution in [-0.2, 0) is 16.6 Å². The van der Waals surface area contributed by atoms with Gasteiger partial charge in [0.1, 0.15) is 0 Å². The SMILES string of the molecule is CC(CNS(=O)(=O)c1csc(CO)c1)N(C)C1CC1. The van der Waals surface area contributed by atoms with E-state index in [4.69, 9.17) is 5.11 Å². The molecule has 7 heteroatoms. The molecule has 0 radical (unpaired) electrons. The van der Waals surface area contributed by atoms with Gasteiger partial charge in [0.25, 0.3) is 0 Å². The molecule has 5 nitrogen and oxygen atoms in total. The van der Waals surface area contributed by atoms with Crippen LogP contribution in [0.25, 0.3) is 0 Å². The van der Waals surface area contributed by atoms with Crippen LogP contribution in [0.1, 0.15) is 24.6 Å². The maximum absolute atomic E-state index is 12.1. The number of nitrogens with zero attached hydrogens (tertiary/aromatic N) is 1. The fourth-order valence-electron chi connectivity index (χ4n) is 1.88. The zero-order valence-corrected chi connectivity index (χ0v) is 12.8. The molecule has 1 unspecified atom stereocenters. The van der Waals surface area contributed by atoms with Crippen molar-refractivity contribution in [1.29, 1.82) is 0 Å². The summed E-state index contributed by atoms with van der Waals surface area (Å²) in [6, 6.07) is 2.31. The van der Waals surface area contributed by atoms with E-state index < -0.39 is 10.0 Å². The first kappa shape index (κ1) is 14.9. The molecule has 1 aromatic heterocycles. The molecule has 1 aliphatic carbocycles. The van der Waals surface area contributed by atoms with Gasteiger partial charge in [-0.25, -0.2) is 13.1 Å². The smallest absolute Gasteiger partial charge is 0.241 e. The molecule has 0 aliphatic heterocycles. The molecule has 19 heavy (non-hydrogen) atoms. The van der Waals surface area contributed by atoms with Crippen molar-refractivity contribution in [3.05, 3.63) is 16.3 Å². The number of aliphatic hydroxyl groups is 1. The van der Waals surface area contributed by atoms with E-state index in [0.717, 1.165) is 0 Å². The Morgan fingerprint density at radius 3 is 2.79 bits per heavy atom. The van der Waals surface area contributed by atoms with E-state index >= 15 is 0 Å². The van der Waals surface area contributed by atoms with Gasteiger partial charge in [-0.2, -0.15) is 0 Å². The first-order valence-corrected chi connectivity index (χ1v) is 8.70. The van der Waals surface area contributed by atoms with Crippen LogP contribution in [0.5, 0.6) is 0 Å². The minimum absolute atomic E-state index is 0.124. The summed E-state index contributed by atoms with van der Waals surface area (Å²) in [6.07, 6.45) is 2.41. The van der Waals surface area contributed by atoms with Gasteiger partial charge in [-0.05, 0) is 32.9 Å². The highest BCUT2D eigenvalue weighted by Gasteiger charge is 2.29. The van der Waals surface area contributed by atoms with Gasteiger partial charge in [-0.15, -0.1) is 11.3 Å². The van der Waals surface area contributed by atoms with E-state index in [0.29, 0.717) is 17.5 Å². The third kappa shape index (κ3) is 3.76. The average molecular weight is 304 g/mol. The molecule has 0 saturated heterocycles. The van der Waals surface area contributed by atoms with Crippen molar-refractivity contribution in [3.8, 4) is 0 Å². The van der Waals surface area contributed by atoms with Crippen molar-refractivity contribution < 1.29 is 13.5 Å². The van der Waals surface area contributed by atoms with Gasteiger partial charge in [0.15, 0.2) is 0 Å². The minimum Gasteiger partial charge on any atom is -0.391 e. The molecule has 108 valence electrons. The summed E-state index contributed by atoms with van der Waals surface area (Å²) < 4.78 is 26.8. The van der Waals surface area contributed by atoms with E-state index in [1.807, 2.05) is 14.0 Å². The van der Waals surface area contributed by atoms with Gasteiger partial charge in [0, 0.05) is 28.9 Å². The van der Waals surface area contributed by atoms with E-state index in [1.165, 1.54) is 30.2 Å². The zero-order chi connectivity index (χ0) is 14.0. The third-order valence-electron chi connectivity index (χ3n) is 3.48. The van der Waals surface area contributed by atoms with Crippen LogP contribution < -0.4 is 4.72 Å². The van der Waals surface area contributed by atoms with Gasteiger partial charge >= 0.3 is 0 Å². The Labute approximate surface area is 118 Å². The number of hydrogen-bond acceptors (Lipinski definition) is 5. The summed E-state index contributed by atoms with van der Waals surface area (Å²) in [7, 11) is -1.43. The lowest BCUT2D eigenvalue weighted by Crippen LogP contribution is -2.41. The van der Waals surface area contributed by atoms with E-state index in [-0.39, 0.29) is 17.5 Å². The lowest BCUT2D eigenvalue weighted by Gasteiger charge is -2.24. The van der Waals surface area contributed by atoms with Crippen molar-refractivity contribution in [3.63, 3.8) is 0 Å². The van der Waals surface area contributed by atoms with Crippen molar-refractivity contribution >= 4 is 21.4 Å². The number of thiophene rings is 1. The number of aliphatic hydroxyl groups excluding tert-OH is 1. The third-order valence-corrected chi connectivity index (χ3v) is 5.96. The number of nitrogens with one attached hydrogen (secondary N) is 1. The molecular formula is C12H20N2O3S2. The van der Waals surface area contributed by atoms with Gasteiger partial charge < -0.3 is 5.11 Å². The molecule has 0 bridgehead atoms. The molecule has 1 aromatic rings. The summed E-state index contributed by atoms with van der Waals surface area (Å²) in [5, 5.41) is 10.5. The van der Waals surface area contributed by atoms with Gasteiger partial charge in [0.2, 0.25) is 10.0 Å². The molecule has 0 spiro atoms. The van der Waals surface area contributed by atoms with Gasteiger partial charge in [0.05, 0.1) is 11.5 Å². The van der Waals surface area contributed by atoms with Crippen molar-refractivity contribution in [2.45, 2.75) is 43.4 Å². The van der Waals surface area contributed by atoms with E-state index in [1.54, 1.807) is 5.38 Å². The van der Waals surface area contributed by atoms with E-state index in [9.17, 15) is 8.42 Å². The van der Waals surface area contributed by atoms with Crippen LogP contribution in [-0.4, -0.2) is 44.1 Å². The molecular weight excluding hydrogens is 284 g/mol. The van der Waals surface area contributed by atoms with Crippen molar-refractivity contribution in [2.75, 3.05) is 13.6 Å². The van der Waals surface area contributed by atoms with Gasteiger partial charge in [-0.3, -0.25) is 4.90 Å². The monoisotopic (exact) mass is 304 g/mol. The molecule has 1 atom stereocenters. The van der Waals surface area contributed by atoms with Crippen LogP contribution in [0.2, 0.25) is 0 Å². The Morgan fingerprint density at radius 2 is 2.26 bits per heavy atom. The second kappa shape index (κ2) is 5.88. The summed E-state index contributed by atoms with van der Waals surface area (Å²) in [5.41, 5.74) is 0. The number of rotatable bonds is 7. The van der Waals surface area contributed by atoms with Crippen LogP contribution in [0.4, 0.5) is 0 Å². The molecule has 2 N–H and O–H groups in total. The van der Waals surface area contributed by atoms with Crippen LogP contribution in [0.3, 0.4) is 0 Å². The summed E-state index contributed by atoms with van der Waals surface area (Å²) >= 11 is 1.25. The molecule has 0 aromatic carbocycles. The average Bonchev–Trinajstić information content (AvgIpc) is 3.11. The molecule has 1 fully saturated rings. The number of likely N-dealkylation sites (N-methyl/N-ethyl adjacent to an activating group) is 1. The normalized spacial score (nSPS) is 17.9. The predicted octanol–water partition coefficient (Wildman–Crippen LogP) is 1.00. The second-order valence-electron chi connectivity index (χ2n) is 5.00. The standard InChI is InChI=1S/C12H20N2O3S2/c1-9(14(2)10-3-4-10)6-13-19(16,17)12-5-11(7-15)18-8-12/h5,8-10,13,15H,3-4,6-7H2,1-2H3. The highest BCUT2D eigenvalue weighted by atomic mass is 32.2. The summed E-state index contributed by atoms with van der Waals surface area (Å²) in [6.45, 7) is 2.30. The summed E-state index contributed by atoms with van der Waals surface area (Å²) in [5.74, 6) is 0. The fourth-order valence-corrected chi connectivity index (χ4v) is 4.14. The molecule has 1 aliphatic rings. The maximum Gasteiger partial charge on any atom is 0.241 e. The maximum atomic E-state index is 12.1. The van der Waals surface area contributed by atoms with Crippen molar-refractivity contribution in [1.82, 2.24) is 9.62 Å². The van der Waals surface area contributed by atoms with Crippen LogP contribution in [0, 0.1) is 0 Å².